The molecule has 0 aromatic heterocycles. The lowest BCUT2D eigenvalue weighted by Gasteiger charge is -2.31. The van der Waals surface area contributed by atoms with Crippen LogP contribution in [-0.4, -0.2) is 29.4 Å². The summed E-state index contributed by atoms with van der Waals surface area (Å²) in [6, 6.07) is 28.4. The van der Waals surface area contributed by atoms with Crippen molar-refractivity contribution in [3.05, 3.63) is 106 Å². The molecule has 4 aromatic carbocycles. The van der Waals surface area contributed by atoms with Crippen molar-refractivity contribution < 1.29 is 23.9 Å². The van der Waals surface area contributed by atoms with Crippen LogP contribution in [0.3, 0.4) is 0 Å². The van der Waals surface area contributed by atoms with Crippen LogP contribution < -0.4 is 9.80 Å². The van der Waals surface area contributed by atoms with E-state index < -0.39 is 29.4 Å². The van der Waals surface area contributed by atoms with Gasteiger partial charge >= 0.3 is 18.2 Å². The van der Waals surface area contributed by atoms with E-state index in [1.165, 1.54) is 0 Å². The monoisotopic (exact) mass is 720 g/mol. The van der Waals surface area contributed by atoms with Crippen LogP contribution in [0.1, 0.15) is 41.5 Å². The van der Waals surface area contributed by atoms with Crippen molar-refractivity contribution in [3.63, 3.8) is 0 Å². The van der Waals surface area contributed by atoms with Crippen LogP contribution in [-0.2, 0) is 9.47 Å². The van der Waals surface area contributed by atoms with E-state index in [9.17, 15) is 14.4 Å². The van der Waals surface area contributed by atoms with E-state index in [1.807, 2.05) is 48.5 Å². The van der Waals surface area contributed by atoms with Crippen LogP contribution in [0, 0.1) is 0 Å². The fourth-order valence-electron chi connectivity index (χ4n) is 4.19. The molecule has 0 aliphatic rings. The van der Waals surface area contributed by atoms with Gasteiger partial charge in [0.15, 0.2) is 0 Å². The van der Waals surface area contributed by atoms with Gasteiger partial charge in [0.05, 0.1) is 11.4 Å². The Bertz CT molecular complexity index is 1500. The van der Waals surface area contributed by atoms with Crippen molar-refractivity contribution in [2.24, 2.45) is 0 Å². The zero-order valence-corrected chi connectivity index (χ0v) is 28.6. The van der Waals surface area contributed by atoms with Crippen LogP contribution in [0.15, 0.2) is 106 Å². The normalized spacial score (nSPS) is 11.5. The molecule has 0 N–H and O–H groups in total. The van der Waals surface area contributed by atoms with Gasteiger partial charge in [-0.1, -0.05) is 80.4 Å². The molecular formula is C35H34Br2N2O5. The molecule has 44 heavy (non-hydrogen) atoms. The second-order valence-electron chi connectivity index (χ2n) is 12.0. The number of amides is 4. The summed E-state index contributed by atoms with van der Waals surface area (Å²) in [4.78, 5) is 43.2. The minimum atomic E-state index is -0.943. The smallest absolute Gasteiger partial charge is 0.423 e. The topological polar surface area (TPSA) is 76.2 Å². The molecule has 0 aliphatic heterocycles. The first-order valence-corrected chi connectivity index (χ1v) is 15.5. The van der Waals surface area contributed by atoms with Crippen molar-refractivity contribution in [1.82, 2.24) is 0 Å². The first kappa shape index (κ1) is 33.0. The van der Waals surface area contributed by atoms with Crippen LogP contribution >= 0.6 is 31.9 Å². The number of hydrogen-bond donors (Lipinski definition) is 0. The number of ether oxygens (including phenoxy) is 2. The zero-order valence-electron chi connectivity index (χ0n) is 25.4. The summed E-state index contributed by atoms with van der Waals surface area (Å²) in [6.45, 7) is 10.2. The highest BCUT2D eigenvalue weighted by Gasteiger charge is 2.38. The minimum Gasteiger partial charge on any atom is -0.443 e. The Balaban J connectivity index is 1.76. The van der Waals surface area contributed by atoms with Gasteiger partial charge in [0.2, 0.25) is 0 Å². The average Bonchev–Trinajstić information content (AvgIpc) is 2.93. The number of rotatable bonds is 4. The van der Waals surface area contributed by atoms with E-state index in [2.05, 4.69) is 31.9 Å². The second kappa shape index (κ2) is 13.4. The number of nitrogens with zero attached hydrogens (tertiary/aromatic N) is 2. The molecule has 0 unspecified atom stereocenters. The first-order valence-electron chi connectivity index (χ1n) is 13.9. The van der Waals surface area contributed by atoms with E-state index in [0.29, 0.717) is 0 Å². The number of imide groups is 2. The zero-order chi connectivity index (χ0) is 32.2. The summed E-state index contributed by atoms with van der Waals surface area (Å²) in [5.74, 6) is 0. The summed E-state index contributed by atoms with van der Waals surface area (Å²) in [5.41, 5.74) is 2.31. The van der Waals surface area contributed by atoms with E-state index in [0.717, 1.165) is 41.0 Å². The van der Waals surface area contributed by atoms with Gasteiger partial charge in [-0.15, -0.1) is 0 Å². The lowest BCUT2D eigenvalue weighted by molar-refractivity contribution is 0.0578. The van der Waals surface area contributed by atoms with Gasteiger partial charge in [-0.05, 0) is 112 Å². The van der Waals surface area contributed by atoms with Crippen LogP contribution in [0.4, 0.5) is 25.8 Å². The van der Waals surface area contributed by atoms with Gasteiger partial charge in [-0.2, -0.15) is 9.80 Å². The fraction of sp³-hybridized carbons (Fsp3) is 0.229. The Morgan fingerprint density at radius 3 is 0.977 bits per heavy atom. The molecule has 4 amide bonds. The molecule has 228 valence electrons. The lowest BCUT2D eigenvalue weighted by Crippen LogP contribution is -2.52. The van der Waals surface area contributed by atoms with Crippen molar-refractivity contribution in [2.75, 3.05) is 9.80 Å². The number of urea groups is 1. The first-order chi connectivity index (χ1) is 20.6. The Kier molecular flexibility index (Phi) is 10.0. The predicted octanol–water partition coefficient (Wildman–Crippen LogP) is 10.8. The van der Waals surface area contributed by atoms with Gasteiger partial charge in [0.25, 0.3) is 0 Å². The Hall–Kier alpha value is -3.95. The Morgan fingerprint density at radius 1 is 0.477 bits per heavy atom. The van der Waals surface area contributed by atoms with Gasteiger partial charge in [0.1, 0.15) is 11.2 Å². The molecule has 7 nitrogen and oxygen atoms in total. The third kappa shape index (κ3) is 8.57. The van der Waals surface area contributed by atoms with Gasteiger partial charge in [0, 0.05) is 8.95 Å². The molecule has 0 radical (unpaired) electrons. The Morgan fingerprint density at radius 2 is 0.727 bits per heavy atom. The number of hydrogen-bond acceptors (Lipinski definition) is 5. The summed E-state index contributed by atoms with van der Waals surface area (Å²) >= 11 is 6.89. The van der Waals surface area contributed by atoms with E-state index >= 15 is 0 Å². The van der Waals surface area contributed by atoms with Crippen molar-refractivity contribution in [1.29, 1.82) is 0 Å². The molecule has 0 fully saturated rings. The molecule has 0 spiro atoms. The van der Waals surface area contributed by atoms with Gasteiger partial charge in [-0.25, -0.2) is 14.4 Å². The summed E-state index contributed by atoms with van der Waals surface area (Å²) in [6.07, 6.45) is -1.86. The molecule has 9 heteroatoms. The maximum Gasteiger partial charge on any atom is 0.423 e. The van der Waals surface area contributed by atoms with Crippen LogP contribution in [0.25, 0.3) is 22.3 Å². The molecule has 0 aliphatic carbocycles. The van der Waals surface area contributed by atoms with E-state index in [4.69, 9.17) is 9.47 Å². The predicted molar refractivity (Wildman–Crippen MR) is 182 cm³/mol. The highest BCUT2D eigenvalue weighted by Crippen LogP contribution is 2.30. The third-order valence-electron chi connectivity index (χ3n) is 6.14. The van der Waals surface area contributed by atoms with E-state index in [-0.39, 0.29) is 11.4 Å². The van der Waals surface area contributed by atoms with Gasteiger partial charge < -0.3 is 9.47 Å². The molecule has 0 saturated heterocycles. The molecule has 0 bridgehead atoms. The molecule has 0 atom stereocenters. The second-order valence-corrected chi connectivity index (χ2v) is 13.9. The Labute approximate surface area is 275 Å². The number of carbonyl (C=O) groups excluding carboxylic acids is 3. The molecule has 0 saturated carbocycles. The minimum absolute atomic E-state index is 0.227. The fourth-order valence-corrected chi connectivity index (χ4v) is 4.72. The maximum absolute atomic E-state index is 14.3. The average molecular weight is 722 g/mol. The lowest BCUT2D eigenvalue weighted by atomic mass is 10.1. The standard InChI is InChI=1S/C35H34Br2N2O5/c1-34(2,3)43-32(41)38(29-19-11-25(12-20-29)23-7-15-27(36)16-8-23)31(40)39(33(42)44-35(4,5)6)30-21-13-26(14-22-30)24-9-17-28(37)18-10-24/h7-22H,1-6H3. The number of halogens is 2. The molecule has 4 aromatic rings. The van der Waals surface area contributed by atoms with Crippen LogP contribution in [0.5, 0.6) is 0 Å². The molecular weight excluding hydrogens is 688 g/mol. The van der Waals surface area contributed by atoms with Crippen LogP contribution in [0.2, 0.25) is 0 Å². The SMILES string of the molecule is CC(C)(C)OC(=O)N(C(=O)N(C(=O)OC(C)(C)C)c1ccc(-c2ccc(Br)cc2)cc1)c1ccc(-c2ccc(Br)cc2)cc1. The largest absolute Gasteiger partial charge is 0.443 e. The number of benzene rings is 4. The summed E-state index contributed by atoms with van der Waals surface area (Å²) < 4.78 is 13.2. The molecule has 0 heterocycles. The highest BCUT2D eigenvalue weighted by atomic mass is 79.9. The highest BCUT2D eigenvalue weighted by molar-refractivity contribution is 9.10. The maximum atomic E-state index is 14.3. The van der Waals surface area contributed by atoms with Crippen molar-refractivity contribution in [2.45, 2.75) is 52.7 Å². The third-order valence-corrected chi connectivity index (χ3v) is 7.20. The summed E-state index contributed by atoms with van der Waals surface area (Å²) in [7, 11) is 0. The number of anilines is 2. The van der Waals surface area contributed by atoms with Gasteiger partial charge in [-0.3, -0.25) is 0 Å². The van der Waals surface area contributed by atoms with E-state index in [1.54, 1.807) is 90.1 Å². The van der Waals surface area contributed by atoms with Crippen molar-refractivity contribution >= 4 is 61.5 Å². The quantitative estimate of drug-likeness (QED) is 0.210. The number of carbonyl (C=O) groups is 3. The summed E-state index contributed by atoms with van der Waals surface area (Å²) in [5, 5.41) is 0. The molecule has 4 rings (SSSR count). The van der Waals surface area contributed by atoms with Crippen molar-refractivity contribution in [3.8, 4) is 22.3 Å².